The molecule has 0 atom stereocenters. The molecule has 0 aliphatic carbocycles. The van der Waals surface area contributed by atoms with Gasteiger partial charge in [-0.1, -0.05) is 0 Å². The lowest BCUT2D eigenvalue weighted by Crippen LogP contribution is -2.26. The highest BCUT2D eigenvalue weighted by molar-refractivity contribution is 5.78. The summed E-state index contributed by atoms with van der Waals surface area (Å²) in [6.45, 7) is 9.96. The average molecular weight is 353 g/mol. The zero-order valence-corrected chi connectivity index (χ0v) is 15.7. The van der Waals surface area contributed by atoms with E-state index < -0.39 is 29.7 Å². The van der Waals surface area contributed by atoms with Gasteiger partial charge in [-0.2, -0.15) is 0 Å². The van der Waals surface area contributed by atoms with Crippen molar-refractivity contribution in [3.8, 4) is 5.75 Å². The Labute approximate surface area is 148 Å². The lowest BCUT2D eigenvalue weighted by atomic mass is 10.0. The number of aliphatic hydroxyl groups is 1. The largest absolute Gasteiger partial charge is 0.506 e. The van der Waals surface area contributed by atoms with Crippen LogP contribution >= 0.6 is 0 Å². The zero-order chi connectivity index (χ0) is 19.4. The van der Waals surface area contributed by atoms with Crippen LogP contribution in [0, 0.1) is 0 Å². The number of hydrogen-bond acceptors (Lipinski definition) is 7. The highest BCUT2D eigenvalue weighted by Crippen LogP contribution is 2.27. The second-order valence-corrected chi connectivity index (χ2v) is 7.74. The summed E-state index contributed by atoms with van der Waals surface area (Å²) < 4.78 is 10.5. The number of nitrogens with zero attached hydrogens (tertiary/aromatic N) is 1. The maximum absolute atomic E-state index is 12.1. The summed E-state index contributed by atoms with van der Waals surface area (Å²) in [6.07, 6.45) is 0.966. The Morgan fingerprint density at radius 3 is 1.92 bits per heavy atom. The second kappa shape index (κ2) is 7.82. The summed E-state index contributed by atoms with van der Waals surface area (Å²) in [5.41, 5.74) is -0.728. The van der Waals surface area contributed by atoms with Gasteiger partial charge in [-0.3, -0.25) is 14.6 Å². The Bertz CT molecular complexity index is 640. The molecular weight excluding hydrogens is 326 g/mol. The standard InChI is InChI=1S/C18H27NO6/c1-17(2,3)24-14(21)7-11-9-19-13(10-20)16(23)12(11)8-15(22)25-18(4,5)6/h9,20,23H,7-8,10H2,1-6H3. The van der Waals surface area contributed by atoms with E-state index in [0.717, 1.165) is 0 Å². The highest BCUT2D eigenvalue weighted by Gasteiger charge is 2.24. The van der Waals surface area contributed by atoms with Crippen LogP contribution < -0.4 is 0 Å². The predicted molar refractivity (Wildman–Crippen MR) is 90.9 cm³/mol. The molecule has 0 aliphatic heterocycles. The molecule has 25 heavy (non-hydrogen) atoms. The molecule has 1 aromatic rings. The summed E-state index contributed by atoms with van der Waals surface area (Å²) in [5, 5.41) is 19.5. The monoisotopic (exact) mass is 353 g/mol. The summed E-state index contributed by atoms with van der Waals surface area (Å²) in [4.78, 5) is 28.1. The van der Waals surface area contributed by atoms with E-state index in [2.05, 4.69) is 4.98 Å². The highest BCUT2D eigenvalue weighted by atomic mass is 16.6. The van der Waals surface area contributed by atoms with Gasteiger partial charge in [0, 0.05) is 11.8 Å². The number of aliphatic hydroxyl groups excluding tert-OH is 1. The summed E-state index contributed by atoms with van der Waals surface area (Å²) in [7, 11) is 0. The first-order valence-electron chi connectivity index (χ1n) is 8.05. The van der Waals surface area contributed by atoms with Crippen molar-refractivity contribution in [2.45, 2.75) is 72.2 Å². The third-order valence-electron chi connectivity index (χ3n) is 2.97. The van der Waals surface area contributed by atoms with Gasteiger partial charge in [0.2, 0.25) is 0 Å². The van der Waals surface area contributed by atoms with Gasteiger partial charge in [0.1, 0.15) is 22.6 Å². The van der Waals surface area contributed by atoms with Crippen LogP contribution in [0.2, 0.25) is 0 Å². The molecule has 0 bridgehead atoms. The molecule has 0 spiro atoms. The van der Waals surface area contributed by atoms with Gasteiger partial charge in [-0.05, 0) is 47.1 Å². The minimum atomic E-state index is -0.676. The SMILES string of the molecule is CC(C)(C)OC(=O)Cc1cnc(CO)c(O)c1CC(=O)OC(C)(C)C. The molecule has 7 heteroatoms. The fourth-order valence-electron chi connectivity index (χ4n) is 2.14. The van der Waals surface area contributed by atoms with Gasteiger partial charge in [0.15, 0.2) is 0 Å². The molecule has 0 fully saturated rings. The normalized spacial score (nSPS) is 12.0. The number of rotatable bonds is 5. The van der Waals surface area contributed by atoms with Crippen LogP contribution in [-0.2, 0) is 38.5 Å². The van der Waals surface area contributed by atoms with Gasteiger partial charge in [-0.15, -0.1) is 0 Å². The Kier molecular flexibility index (Phi) is 6.54. The van der Waals surface area contributed by atoms with Crippen molar-refractivity contribution in [2.75, 3.05) is 0 Å². The second-order valence-electron chi connectivity index (χ2n) is 7.74. The van der Waals surface area contributed by atoms with Crippen LogP contribution in [-0.4, -0.2) is 38.3 Å². The number of aromatic nitrogens is 1. The van der Waals surface area contributed by atoms with E-state index in [9.17, 15) is 19.8 Å². The molecule has 0 aromatic carbocycles. The van der Waals surface area contributed by atoms with E-state index in [4.69, 9.17) is 9.47 Å². The lowest BCUT2D eigenvalue weighted by Gasteiger charge is -2.21. The van der Waals surface area contributed by atoms with Crippen molar-refractivity contribution >= 4 is 11.9 Å². The first-order chi connectivity index (χ1) is 11.3. The summed E-state index contributed by atoms with van der Waals surface area (Å²) in [6, 6.07) is 0. The Hall–Kier alpha value is -2.15. The minimum Gasteiger partial charge on any atom is -0.506 e. The van der Waals surface area contributed by atoms with Crippen molar-refractivity contribution in [3.05, 3.63) is 23.0 Å². The molecule has 0 saturated carbocycles. The van der Waals surface area contributed by atoms with Crippen LogP contribution in [0.15, 0.2) is 6.20 Å². The first kappa shape index (κ1) is 20.9. The van der Waals surface area contributed by atoms with E-state index in [0.29, 0.717) is 5.56 Å². The molecule has 140 valence electrons. The minimum absolute atomic E-state index is 0.0338. The predicted octanol–water partition coefficient (Wildman–Crippen LogP) is 2.05. The lowest BCUT2D eigenvalue weighted by molar-refractivity contribution is -0.155. The summed E-state index contributed by atoms with van der Waals surface area (Å²) in [5.74, 6) is -1.37. The van der Waals surface area contributed by atoms with Crippen LogP contribution in [0.3, 0.4) is 0 Å². The quantitative estimate of drug-likeness (QED) is 0.780. The van der Waals surface area contributed by atoms with Crippen molar-refractivity contribution < 1.29 is 29.3 Å². The molecule has 1 heterocycles. The van der Waals surface area contributed by atoms with E-state index in [1.165, 1.54) is 6.20 Å². The summed E-state index contributed by atoms with van der Waals surface area (Å²) >= 11 is 0. The molecule has 0 radical (unpaired) electrons. The number of carbonyl (C=O) groups excluding carboxylic acids is 2. The number of ether oxygens (including phenoxy) is 2. The zero-order valence-electron chi connectivity index (χ0n) is 15.7. The maximum Gasteiger partial charge on any atom is 0.310 e. The number of pyridine rings is 1. The van der Waals surface area contributed by atoms with Crippen LogP contribution in [0.25, 0.3) is 0 Å². The van der Waals surface area contributed by atoms with Crippen molar-refractivity contribution in [2.24, 2.45) is 0 Å². The number of hydrogen-bond donors (Lipinski definition) is 2. The van der Waals surface area contributed by atoms with Crippen molar-refractivity contribution in [1.29, 1.82) is 0 Å². The van der Waals surface area contributed by atoms with Gasteiger partial charge in [0.05, 0.1) is 19.4 Å². The Morgan fingerprint density at radius 1 is 1.00 bits per heavy atom. The van der Waals surface area contributed by atoms with Gasteiger partial charge in [0.25, 0.3) is 0 Å². The molecule has 1 rings (SSSR count). The third kappa shape index (κ3) is 7.09. The van der Waals surface area contributed by atoms with Crippen molar-refractivity contribution in [1.82, 2.24) is 4.98 Å². The van der Waals surface area contributed by atoms with Gasteiger partial charge in [-0.25, -0.2) is 0 Å². The van der Waals surface area contributed by atoms with E-state index >= 15 is 0 Å². The fraction of sp³-hybridized carbons (Fsp3) is 0.611. The fourth-order valence-corrected chi connectivity index (χ4v) is 2.14. The van der Waals surface area contributed by atoms with Crippen LogP contribution in [0.5, 0.6) is 5.75 Å². The molecule has 7 nitrogen and oxygen atoms in total. The smallest absolute Gasteiger partial charge is 0.310 e. The molecule has 0 amide bonds. The molecule has 0 saturated heterocycles. The Balaban J connectivity index is 3.11. The van der Waals surface area contributed by atoms with Crippen LogP contribution in [0.1, 0.15) is 58.4 Å². The van der Waals surface area contributed by atoms with Crippen LogP contribution in [0.4, 0.5) is 0 Å². The third-order valence-corrected chi connectivity index (χ3v) is 2.97. The molecular formula is C18H27NO6. The van der Waals surface area contributed by atoms with Crippen molar-refractivity contribution in [3.63, 3.8) is 0 Å². The topological polar surface area (TPSA) is 106 Å². The maximum atomic E-state index is 12.1. The van der Waals surface area contributed by atoms with Gasteiger partial charge >= 0.3 is 11.9 Å². The number of aromatic hydroxyl groups is 1. The van der Waals surface area contributed by atoms with Gasteiger partial charge < -0.3 is 19.7 Å². The molecule has 1 aromatic heterocycles. The van der Waals surface area contributed by atoms with E-state index in [1.807, 2.05) is 0 Å². The molecule has 0 aliphatic rings. The first-order valence-corrected chi connectivity index (χ1v) is 8.05. The number of carbonyl (C=O) groups is 2. The van der Waals surface area contributed by atoms with E-state index in [1.54, 1.807) is 41.5 Å². The Morgan fingerprint density at radius 2 is 1.48 bits per heavy atom. The van der Waals surface area contributed by atoms with E-state index in [-0.39, 0.29) is 29.8 Å². The molecule has 2 N–H and O–H groups in total. The molecule has 0 unspecified atom stereocenters. The average Bonchev–Trinajstić information content (AvgIpc) is 2.38. The number of esters is 2.